The minimum atomic E-state index is -0.254. The van der Waals surface area contributed by atoms with Crippen molar-refractivity contribution >= 4 is 24.2 Å². The van der Waals surface area contributed by atoms with Crippen LogP contribution < -0.4 is 16.0 Å². The second-order valence-corrected chi connectivity index (χ2v) is 6.22. The van der Waals surface area contributed by atoms with E-state index in [1.54, 1.807) is 12.1 Å². The average molecular weight is 342 g/mol. The lowest BCUT2D eigenvalue weighted by Gasteiger charge is -2.37. The molecule has 7 heteroatoms. The second-order valence-electron chi connectivity index (χ2n) is 6.22. The summed E-state index contributed by atoms with van der Waals surface area (Å²) >= 11 is 0. The Hall–Kier alpha value is -1.53. The molecule has 3 rings (SSSR count). The van der Waals surface area contributed by atoms with Gasteiger partial charge in [-0.3, -0.25) is 9.59 Å². The molecule has 3 N–H and O–H groups in total. The van der Waals surface area contributed by atoms with E-state index in [0.29, 0.717) is 19.0 Å². The maximum atomic E-state index is 12.6. The Labute approximate surface area is 142 Å². The molecule has 23 heavy (non-hydrogen) atoms. The third-order valence-electron chi connectivity index (χ3n) is 4.93. The van der Waals surface area contributed by atoms with Crippen LogP contribution in [0.3, 0.4) is 0 Å². The lowest BCUT2D eigenvalue weighted by molar-refractivity contribution is -0.133. The number of fused-ring (bicyclic) bond motifs is 1. The Morgan fingerprint density at radius 1 is 1.30 bits per heavy atom. The number of nitrogens with one attached hydrogen (secondary N) is 3. The van der Waals surface area contributed by atoms with Crippen LogP contribution in [-0.4, -0.2) is 38.0 Å². The molecule has 0 bridgehead atoms. The van der Waals surface area contributed by atoms with Crippen LogP contribution in [0.5, 0.6) is 0 Å². The Bertz CT molecular complexity index is 535. The van der Waals surface area contributed by atoms with Crippen molar-refractivity contribution < 1.29 is 14.0 Å². The molecule has 0 aromatic carbocycles. The van der Waals surface area contributed by atoms with Gasteiger partial charge >= 0.3 is 0 Å². The van der Waals surface area contributed by atoms with Crippen molar-refractivity contribution in [3.8, 4) is 0 Å². The fourth-order valence-electron chi connectivity index (χ4n) is 3.71. The highest BCUT2D eigenvalue weighted by molar-refractivity contribution is 5.91. The van der Waals surface area contributed by atoms with E-state index in [1.807, 2.05) is 0 Å². The number of hydrogen-bond acceptors (Lipinski definition) is 4. The lowest BCUT2D eigenvalue weighted by Crippen LogP contribution is -2.49. The van der Waals surface area contributed by atoms with Crippen molar-refractivity contribution in [1.29, 1.82) is 0 Å². The molecule has 2 amide bonds. The van der Waals surface area contributed by atoms with Crippen LogP contribution in [0.2, 0.25) is 0 Å². The standard InChI is InChI=1S/C16H23N3O3.ClH/c20-14(13-5-3-9-22-13)18-7-8-19-15(21)16-6-2-1-4-12(16)10-17-11-16;/h3,5,9,12,17H,1-2,4,6-8,10-11H2,(H,18,20)(H,19,21);1H/t12-,16+;/m0./s1. The number of carbonyl (C=O) groups excluding carboxylic acids is 2. The van der Waals surface area contributed by atoms with Crippen LogP contribution >= 0.6 is 12.4 Å². The fraction of sp³-hybridized carbons (Fsp3) is 0.625. The molecule has 128 valence electrons. The molecule has 2 heterocycles. The van der Waals surface area contributed by atoms with Crippen LogP contribution in [0.15, 0.2) is 22.8 Å². The van der Waals surface area contributed by atoms with Crippen LogP contribution in [0.25, 0.3) is 0 Å². The van der Waals surface area contributed by atoms with Gasteiger partial charge in [-0.1, -0.05) is 12.8 Å². The molecule has 1 aliphatic carbocycles. The molecule has 0 spiro atoms. The van der Waals surface area contributed by atoms with E-state index < -0.39 is 0 Å². The summed E-state index contributed by atoms with van der Waals surface area (Å²) < 4.78 is 5.02. The molecule has 1 saturated heterocycles. The van der Waals surface area contributed by atoms with E-state index in [9.17, 15) is 9.59 Å². The maximum absolute atomic E-state index is 12.6. The first-order chi connectivity index (χ1) is 10.7. The van der Waals surface area contributed by atoms with Crippen LogP contribution in [0, 0.1) is 11.3 Å². The predicted octanol–water partition coefficient (Wildman–Crippen LogP) is 1.33. The van der Waals surface area contributed by atoms with E-state index in [0.717, 1.165) is 32.4 Å². The van der Waals surface area contributed by atoms with Crippen LogP contribution in [0.1, 0.15) is 36.2 Å². The van der Waals surface area contributed by atoms with Gasteiger partial charge in [-0.05, 0) is 37.4 Å². The zero-order valence-corrected chi connectivity index (χ0v) is 13.9. The first-order valence-electron chi connectivity index (χ1n) is 8.03. The Morgan fingerprint density at radius 3 is 2.91 bits per heavy atom. The summed E-state index contributed by atoms with van der Waals surface area (Å²) in [4.78, 5) is 24.3. The third kappa shape index (κ3) is 3.70. The quantitative estimate of drug-likeness (QED) is 0.705. The first kappa shape index (κ1) is 17.8. The minimum Gasteiger partial charge on any atom is -0.459 e. The molecule has 2 aliphatic rings. The molecule has 6 nitrogen and oxygen atoms in total. The van der Waals surface area contributed by atoms with Gasteiger partial charge in [0.15, 0.2) is 5.76 Å². The summed E-state index contributed by atoms with van der Waals surface area (Å²) in [6.07, 6.45) is 5.92. The SMILES string of the molecule is Cl.O=C(NCCNC(=O)[C@@]12CCCC[C@H]1CNC2)c1ccco1. The summed E-state index contributed by atoms with van der Waals surface area (Å²) in [6.45, 7) is 2.57. The van der Waals surface area contributed by atoms with Crippen molar-refractivity contribution in [2.75, 3.05) is 26.2 Å². The second kappa shape index (κ2) is 7.84. The minimum absolute atomic E-state index is 0. The highest BCUT2D eigenvalue weighted by atomic mass is 35.5. The van der Waals surface area contributed by atoms with Crippen molar-refractivity contribution in [2.45, 2.75) is 25.7 Å². The molecule has 2 atom stereocenters. The molecule has 1 aromatic heterocycles. The van der Waals surface area contributed by atoms with Gasteiger partial charge in [0.2, 0.25) is 5.91 Å². The molecular formula is C16H24ClN3O3. The van der Waals surface area contributed by atoms with E-state index in [-0.39, 0.29) is 35.4 Å². The van der Waals surface area contributed by atoms with Crippen LogP contribution in [-0.2, 0) is 4.79 Å². The lowest BCUT2D eigenvalue weighted by atomic mass is 9.67. The first-order valence-corrected chi connectivity index (χ1v) is 8.03. The van der Waals surface area contributed by atoms with Crippen molar-refractivity contribution in [3.63, 3.8) is 0 Å². The third-order valence-corrected chi connectivity index (χ3v) is 4.93. The Morgan fingerprint density at radius 2 is 2.13 bits per heavy atom. The molecule has 0 radical (unpaired) electrons. The van der Waals surface area contributed by atoms with Gasteiger partial charge < -0.3 is 20.4 Å². The molecular weight excluding hydrogens is 318 g/mol. The number of hydrogen-bond donors (Lipinski definition) is 3. The van der Waals surface area contributed by atoms with Crippen molar-refractivity contribution in [3.05, 3.63) is 24.2 Å². The highest BCUT2D eigenvalue weighted by Crippen LogP contribution is 2.43. The summed E-state index contributed by atoms with van der Waals surface area (Å²) in [5, 5.41) is 9.10. The summed E-state index contributed by atoms with van der Waals surface area (Å²) in [7, 11) is 0. The zero-order chi connectivity index (χ0) is 15.4. The van der Waals surface area contributed by atoms with Crippen molar-refractivity contribution in [2.24, 2.45) is 11.3 Å². The summed E-state index contributed by atoms with van der Waals surface area (Å²) in [5.41, 5.74) is -0.233. The number of amides is 2. The fourth-order valence-corrected chi connectivity index (χ4v) is 3.71. The smallest absolute Gasteiger partial charge is 0.287 e. The molecule has 1 saturated carbocycles. The van der Waals surface area contributed by atoms with Crippen LogP contribution in [0.4, 0.5) is 0 Å². The van der Waals surface area contributed by atoms with Gasteiger partial charge in [0, 0.05) is 19.6 Å². The van der Waals surface area contributed by atoms with Crippen molar-refractivity contribution in [1.82, 2.24) is 16.0 Å². The van der Waals surface area contributed by atoms with Gasteiger partial charge in [-0.15, -0.1) is 12.4 Å². The largest absolute Gasteiger partial charge is 0.459 e. The number of rotatable bonds is 5. The number of furan rings is 1. The summed E-state index contributed by atoms with van der Waals surface area (Å²) in [6, 6.07) is 3.29. The normalized spacial score (nSPS) is 26.0. The van der Waals surface area contributed by atoms with E-state index >= 15 is 0 Å². The van der Waals surface area contributed by atoms with E-state index in [4.69, 9.17) is 4.42 Å². The zero-order valence-electron chi connectivity index (χ0n) is 13.1. The Kier molecular flexibility index (Phi) is 6.07. The Balaban J connectivity index is 0.00000192. The van der Waals surface area contributed by atoms with Gasteiger partial charge in [-0.2, -0.15) is 0 Å². The monoisotopic (exact) mass is 341 g/mol. The maximum Gasteiger partial charge on any atom is 0.287 e. The molecule has 2 fully saturated rings. The summed E-state index contributed by atoms with van der Waals surface area (Å²) in [5.74, 6) is 0.626. The molecule has 0 unspecified atom stereocenters. The van der Waals surface area contributed by atoms with Gasteiger partial charge in [0.1, 0.15) is 0 Å². The van der Waals surface area contributed by atoms with E-state index in [2.05, 4.69) is 16.0 Å². The molecule has 1 aliphatic heterocycles. The topological polar surface area (TPSA) is 83.4 Å². The van der Waals surface area contributed by atoms with Gasteiger partial charge in [0.25, 0.3) is 5.91 Å². The van der Waals surface area contributed by atoms with E-state index in [1.165, 1.54) is 12.7 Å². The number of halogens is 1. The highest BCUT2D eigenvalue weighted by Gasteiger charge is 2.49. The average Bonchev–Trinajstić information content (AvgIpc) is 3.20. The van der Waals surface area contributed by atoms with Gasteiger partial charge in [-0.25, -0.2) is 0 Å². The molecule has 1 aromatic rings. The number of carbonyl (C=O) groups is 2. The predicted molar refractivity (Wildman–Crippen MR) is 88.6 cm³/mol. The van der Waals surface area contributed by atoms with Gasteiger partial charge in [0.05, 0.1) is 11.7 Å².